The molecule has 0 saturated carbocycles. The highest BCUT2D eigenvalue weighted by molar-refractivity contribution is 7.20. The highest BCUT2D eigenvalue weighted by atomic mass is 32.1. The fraction of sp³-hybridized carbons (Fsp3) is 0.0952. The molecule has 2 aromatic carbocycles. The van der Waals surface area contributed by atoms with Crippen LogP contribution in [0.15, 0.2) is 61.2 Å². The Hall–Kier alpha value is -2.96. The van der Waals surface area contributed by atoms with Gasteiger partial charge in [0.2, 0.25) is 0 Å². The Balaban J connectivity index is 1.89. The van der Waals surface area contributed by atoms with E-state index in [1.54, 1.807) is 49.9 Å². The van der Waals surface area contributed by atoms with Crippen LogP contribution in [0.25, 0.3) is 31.8 Å². The molecule has 27 heavy (non-hydrogen) atoms. The van der Waals surface area contributed by atoms with E-state index in [-0.39, 0.29) is 5.82 Å². The van der Waals surface area contributed by atoms with Crippen molar-refractivity contribution < 1.29 is 9.50 Å². The number of aliphatic hydroxyl groups is 1. The maximum atomic E-state index is 13.9. The zero-order valence-corrected chi connectivity index (χ0v) is 15.2. The van der Waals surface area contributed by atoms with Gasteiger partial charge in [-0.25, -0.2) is 9.37 Å². The van der Waals surface area contributed by atoms with E-state index in [9.17, 15) is 9.50 Å². The van der Waals surface area contributed by atoms with Crippen molar-refractivity contribution >= 4 is 43.1 Å². The molecule has 0 spiro atoms. The van der Waals surface area contributed by atoms with Gasteiger partial charge in [0.1, 0.15) is 16.4 Å². The third-order valence-electron chi connectivity index (χ3n) is 4.88. The average Bonchev–Trinajstić information content (AvgIpc) is 3.15. The van der Waals surface area contributed by atoms with Gasteiger partial charge in [-0.2, -0.15) is 0 Å². The molecule has 0 aliphatic heterocycles. The van der Waals surface area contributed by atoms with Crippen LogP contribution in [0.2, 0.25) is 0 Å². The molecule has 3 heterocycles. The molecule has 132 valence electrons. The Labute approximate surface area is 158 Å². The van der Waals surface area contributed by atoms with E-state index in [2.05, 4.69) is 9.97 Å². The van der Waals surface area contributed by atoms with Crippen LogP contribution < -0.4 is 0 Å². The first-order valence-electron chi connectivity index (χ1n) is 8.44. The summed E-state index contributed by atoms with van der Waals surface area (Å²) >= 11 is 1.44. The average molecular weight is 375 g/mol. The summed E-state index contributed by atoms with van der Waals surface area (Å²) in [6.07, 6.45) is 6.76. The van der Waals surface area contributed by atoms with Gasteiger partial charge >= 0.3 is 0 Å². The molecule has 1 unspecified atom stereocenters. The number of thiazole rings is 1. The van der Waals surface area contributed by atoms with Gasteiger partial charge in [0.15, 0.2) is 0 Å². The van der Waals surface area contributed by atoms with Gasteiger partial charge in [-0.05, 0) is 54.3 Å². The first-order chi connectivity index (χ1) is 13.1. The van der Waals surface area contributed by atoms with E-state index in [1.165, 1.54) is 23.5 Å². The lowest BCUT2D eigenvalue weighted by atomic mass is 9.98. The number of hydrogen-bond acceptors (Lipinski definition) is 5. The van der Waals surface area contributed by atoms with Crippen LogP contribution in [-0.4, -0.2) is 20.1 Å². The summed E-state index contributed by atoms with van der Waals surface area (Å²) in [6.45, 7) is 1.73. The lowest BCUT2D eigenvalue weighted by Crippen LogP contribution is -2.22. The topological polar surface area (TPSA) is 58.9 Å². The van der Waals surface area contributed by atoms with Gasteiger partial charge in [-0.3, -0.25) is 9.97 Å². The second-order valence-corrected chi connectivity index (χ2v) is 7.62. The number of fused-ring (bicyclic) bond motifs is 6. The van der Waals surface area contributed by atoms with Crippen LogP contribution >= 0.6 is 11.3 Å². The van der Waals surface area contributed by atoms with Crippen molar-refractivity contribution in [3.8, 4) is 0 Å². The first kappa shape index (κ1) is 16.2. The first-order valence-corrected chi connectivity index (χ1v) is 9.26. The molecule has 1 N–H and O–H groups in total. The molecule has 0 aliphatic carbocycles. The minimum atomic E-state index is -1.25. The van der Waals surface area contributed by atoms with E-state index in [1.807, 2.05) is 6.07 Å². The second-order valence-electron chi connectivity index (χ2n) is 6.62. The summed E-state index contributed by atoms with van der Waals surface area (Å²) in [7, 11) is 0. The zero-order chi connectivity index (χ0) is 18.6. The lowest BCUT2D eigenvalue weighted by Gasteiger charge is -2.20. The number of benzene rings is 2. The number of pyridine rings is 2. The van der Waals surface area contributed by atoms with Crippen molar-refractivity contribution in [3.63, 3.8) is 0 Å². The monoisotopic (exact) mass is 375 g/mol. The fourth-order valence-electron chi connectivity index (χ4n) is 3.45. The Morgan fingerprint density at radius 1 is 0.926 bits per heavy atom. The molecule has 0 fully saturated rings. The maximum Gasteiger partial charge on any atom is 0.138 e. The van der Waals surface area contributed by atoms with Gasteiger partial charge in [0.05, 0.1) is 10.2 Å². The van der Waals surface area contributed by atoms with Crippen LogP contribution in [0, 0.1) is 5.82 Å². The van der Waals surface area contributed by atoms with Crippen LogP contribution in [0.1, 0.15) is 17.5 Å². The number of rotatable bonds is 2. The molecule has 0 radical (unpaired) electrons. The fourth-order valence-corrected chi connectivity index (χ4v) is 4.63. The summed E-state index contributed by atoms with van der Waals surface area (Å²) < 4.78 is 14.9. The van der Waals surface area contributed by atoms with Crippen molar-refractivity contribution in [2.24, 2.45) is 0 Å². The second kappa shape index (κ2) is 5.77. The zero-order valence-electron chi connectivity index (χ0n) is 14.3. The summed E-state index contributed by atoms with van der Waals surface area (Å²) in [5, 5.41) is 15.2. The predicted octanol–water partition coefficient (Wildman–Crippen LogP) is 4.79. The number of nitrogens with zero attached hydrogens (tertiary/aromatic N) is 3. The van der Waals surface area contributed by atoms with Crippen LogP contribution in [0.4, 0.5) is 4.39 Å². The molecule has 5 rings (SSSR count). The van der Waals surface area contributed by atoms with Gasteiger partial charge in [-0.1, -0.05) is 0 Å². The molecule has 4 nitrogen and oxygen atoms in total. The van der Waals surface area contributed by atoms with Gasteiger partial charge in [0, 0.05) is 40.9 Å². The number of halogens is 1. The minimum absolute atomic E-state index is 0.300. The summed E-state index contributed by atoms with van der Waals surface area (Å²) in [6, 6.07) is 10.2. The molecule has 0 saturated heterocycles. The highest BCUT2D eigenvalue weighted by Gasteiger charge is 2.30. The smallest absolute Gasteiger partial charge is 0.138 e. The molecule has 0 amide bonds. The Bertz CT molecular complexity index is 1320. The van der Waals surface area contributed by atoms with Gasteiger partial charge in [-0.15, -0.1) is 11.3 Å². The van der Waals surface area contributed by atoms with Crippen LogP contribution in [-0.2, 0) is 5.60 Å². The summed E-state index contributed by atoms with van der Waals surface area (Å²) in [5.41, 5.74) is 0.231. The third-order valence-corrected chi connectivity index (χ3v) is 6.18. The number of aromatic nitrogens is 3. The SMILES string of the molecule is CC(O)(c1ccncc1)c1nc2c3ccc(F)cc3c3cnccc3c2s1. The highest BCUT2D eigenvalue weighted by Crippen LogP contribution is 2.41. The normalized spacial score (nSPS) is 14.0. The van der Waals surface area contributed by atoms with Crippen molar-refractivity contribution in [2.75, 3.05) is 0 Å². The van der Waals surface area contributed by atoms with E-state index in [0.717, 1.165) is 37.3 Å². The van der Waals surface area contributed by atoms with Crippen molar-refractivity contribution in [3.05, 3.63) is 77.6 Å². The Kier molecular flexibility index (Phi) is 3.47. The molecule has 6 heteroatoms. The van der Waals surface area contributed by atoms with Crippen molar-refractivity contribution in [1.82, 2.24) is 15.0 Å². The van der Waals surface area contributed by atoms with Crippen LogP contribution in [0.5, 0.6) is 0 Å². The van der Waals surface area contributed by atoms with E-state index >= 15 is 0 Å². The van der Waals surface area contributed by atoms with Gasteiger partial charge in [0.25, 0.3) is 0 Å². The quantitative estimate of drug-likeness (QED) is 0.451. The summed E-state index contributed by atoms with van der Waals surface area (Å²) in [5.74, 6) is -0.300. The molecule has 0 bridgehead atoms. The molecular formula is C21H14FN3OS. The molecule has 1 atom stereocenters. The largest absolute Gasteiger partial charge is 0.378 e. The minimum Gasteiger partial charge on any atom is -0.378 e. The standard InChI is InChI=1S/C21H14FN3OS/c1-21(26,12-4-7-23-8-5-12)20-25-18-14-3-2-13(22)10-16(14)17-11-24-9-6-15(17)19(18)27-20/h2-11,26H,1H3. The molecular weight excluding hydrogens is 361 g/mol. The molecule has 3 aromatic heterocycles. The maximum absolute atomic E-state index is 13.9. The van der Waals surface area contributed by atoms with E-state index in [0.29, 0.717) is 5.01 Å². The van der Waals surface area contributed by atoms with Gasteiger partial charge < -0.3 is 5.11 Å². The Morgan fingerprint density at radius 3 is 2.52 bits per heavy atom. The predicted molar refractivity (Wildman–Crippen MR) is 105 cm³/mol. The third kappa shape index (κ3) is 2.41. The number of hydrogen-bond donors (Lipinski definition) is 1. The van der Waals surface area contributed by atoms with Crippen LogP contribution in [0.3, 0.4) is 0 Å². The van der Waals surface area contributed by atoms with E-state index < -0.39 is 5.60 Å². The lowest BCUT2D eigenvalue weighted by molar-refractivity contribution is 0.102. The van der Waals surface area contributed by atoms with Crippen molar-refractivity contribution in [2.45, 2.75) is 12.5 Å². The molecule has 5 aromatic rings. The van der Waals surface area contributed by atoms with E-state index in [4.69, 9.17) is 4.98 Å². The van der Waals surface area contributed by atoms with Crippen molar-refractivity contribution in [1.29, 1.82) is 0 Å². The molecule has 0 aliphatic rings. The summed E-state index contributed by atoms with van der Waals surface area (Å²) in [4.78, 5) is 13.0. The Morgan fingerprint density at radius 2 is 1.70 bits per heavy atom.